The fourth-order valence-corrected chi connectivity index (χ4v) is 1.05. The summed E-state index contributed by atoms with van der Waals surface area (Å²) in [6.45, 7) is 5.52. The monoisotopic (exact) mass is 173 g/mol. The minimum Gasteiger partial charge on any atom is -0.371 e. The van der Waals surface area contributed by atoms with Crippen LogP contribution >= 0.6 is 0 Å². The lowest BCUT2D eigenvalue weighted by Gasteiger charge is -2.28. The molecule has 1 fully saturated rings. The molecule has 70 valence electrons. The Labute approximate surface area is 72.1 Å². The van der Waals surface area contributed by atoms with E-state index in [1.165, 1.54) is 0 Å². The summed E-state index contributed by atoms with van der Waals surface area (Å²) in [5.41, 5.74) is -0.430. The highest BCUT2D eigenvalue weighted by Crippen LogP contribution is 2.21. The number of carbonyl (C=O) groups is 1. The Balaban J connectivity index is 2.56. The lowest BCUT2D eigenvalue weighted by atomic mass is 10.2. The van der Waals surface area contributed by atoms with Crippen LogP contribution in [0.3, 0.4) is 0 Å². The molecule has 1 heterocycles. The van der Waals surface area contributed by atoms with Crippen molar-refractivity contribution in [2.75, 3.05) is 0 Å². The van der Waals surface area contributed by atoms with Gasteiger partial charge in [-0.15, -0.1) is 0 Å². The lowest BCUT2D eigenvalue weighted by molar-refractivity contribution is -0.261. The Morgan fingerprint density at radius 3 is 2.50 bits per heavy atom. The number of carbonyl (C=O) groups excluding carboxylic acids is 1. The van der Waals surface area contributed by atoms with E-state index in [4.69, 9.17) is 4.84 Å². The third kappa shape index (κ3) is 2.19. The van der Waals surface area contributed by atoms with Crippen molar-refractivity contribution >= 4 is 5.91 Å². The molecular formula is C8H15NO3. The first kappa shape index (κ1) is 9.48. The lowest BCUT2D eigenvalue weighted by Crippen LogP contribution is -2.39. The molecular weight excluding hydrogens is 158 g/mol. The maximum absolute atomic E-state index is 11.1. The minimum atomic E-state index is -0.767. The Kier molecular flexibility index (Phi) is 2.39. The molecule has 0 aliphatic carbocycles. The van der Waals surface area contributed by atoms with Crippen LogP contribution in [0.2, 0.25) is 0 Å². The highest BCUT2D eigenvalue weighted by atomic mass is 16.7. The van der Waals surface area contributed by atoms with E-state index in [1.807, 2.05) is 20.8 Å². The molecule has 0 aromatic heterocycles. The largest absolute Gasteiger partial charge is 0.371 e. The van der Waals surface area contributed by atoms with Crippen LogP contribution in [0.15, 0.2) is 0 Å². The van der Waals surface area contributed by atoms with Crippen molar-refractivity contribution in [3.63, 3.8) is 0 Å². The van der Waals surface area contributed by atoms with E-state index in [0.717, 1.165) is 5.06 Å². The molecule has 1 atom stereocenters. The standard InChI is InChI=1S/C8H15NO3/c1-8(2,3)12-9-6(10)4-5-7(9)11/h6,10H,4-5H2,1-3H3. The fraction of sp³-hybridized carbons (Fsp3) is 0.875. The summed E-state index contributed by atoms with van der Waals surface area (Å²) >= 11 is 0. The third-order valence-corrected chi connectivity index (χ3v) is 1.51. The maximum atomic E-state index is 11.1. The molecule has 4 nitrogen and oxygen atoms in total. The number of nitrogens with zero attached hydrogens (tertiary/aromatic N) is 1. The molecule has 1 aliphatic rings. The van der Waals surface area contributed by atoms with Crippen molar-refractivity contribution in [2.24, 2.45) is 0 Å². The quantitative estimate of drug-likeness (QED) is 0.633. The Morgan fingerprint density at radius 2 is 2.17 bits per heavy atom. The molecule has 4 heteroatoms. The van der Waals surface area contributed by atoms with E-state index in [1.54, 1.807) is 0 Å². The third-order valence-electron chi connectivity index (χ3n) is 1.51. The van der Waals surface area contributed by atoms with Gasteiger partial charge in [-0.05, 0) is 20.8 Å². The second-order valence-electron chi connectivity index (χ2n) is 3.94. The molecule has 0 radical (unpaired) electrons. The van der Waals surface area contributed by atoms with Crippen LogP contribution < -0.4 is 0 Å². The van der Waals surface area contributed by atoms with Crippen LogP contribution in [0.4, 0.5) is 0 Å². The maximum Gasteiger partial charge on any atom is 0.248 e. The summed E-state index contributed by atoms with van der Waals surface area (Å²) in [4.78, 5) is 16.4. The number of rotatable bonds is 1. The SMILES string of the molecule is CC(C)(C)ON1C(=O)CCC1O. The van der Waals surface area contributed by atoms with Gasteiger partial charge in [-0.25, -0.2) is 0 Å². The zero-order valence-electron chi connectivity index (χ0n) is 7.70. The van der Waals surface area contributed by atoms with Gasteiger partial charge in [0.2, 0.25) is 5.91 Å². The first-order valence-corrected chi connectivity index (χ1v) is 4.09. The van der Waals surface area contributed by atoms with Gasteiger partial charge in [0.05, 0.1) is 5.60 Å². The predicted molar refractivity (Wildman–Crippen MR) is 42.9 cm³/mol. The normalized spacial score (nSPS) is 25.2. The van der Waals surface area contributed by atoms with E-state index in [2.05, 4.69) is 0 Å². The zero-order chi connectivity index (χ0) is 9.35. The van der Waals surface area contributed by atoms with E-state index >= 15 is 0 Å². The first-order valence-electron chi connectivity index (χ1n) is 4.09. The number of hydrogen-bond donors (Lipinski definition) is 1. The molecule has 0 bridgehead atoms. The van der Waals surface area contributed by atoms with Crippen molar-refractivity contribution in [2.45, 2.75) is 45.4 Å². The Morgan fingerprint density at radius 1 is 1.58 bits per heavy atom. The average Bonchev–Trinajstić information content (AvgIpc) is 2.16. The molecule has 1 N–H and O–H groups in total. The number of hydroxylamine groups is 2. The Hall–Kier alpha value is -0.610. The van der Waals surface area contributed by atoms with Gasteiger partial charge in [-0.3, -0.25) is 9.63 Å². The van der Waals surface area contributed by atoms with Crippen molar-refractivity contribution in [1.29, 1.82) is 0 Å². The van der Waals surface area contributed by atoms with Crippen LogP contribution in [0.25, 0.3) is 0 Å². The van der Waals surface area contributed by atoms with Crippen LogP contribution in [-0.4, -0.2) is 27.9 Å². The van der Waals surface area contributed by atoms with Crippen LogP contribution in [0, 0.1) is 0 Å². The topological polar surface area (TPSA) is 49.8 Å². The van der Waals surface area contributed by atoms with Crippen molar-refractivity contribution in [3.8, 4) is 0 Å². The summed E-state index contributed by atoms with van der Waals surface area (Å²) in [6.07, 6.45) is 0.0725. The van der Waals surface area contributed by atoms with Gasteiger partial charge in [-0.2, -0.15) is 5.06 Å². The molecule has 1 rings (SSSR count). The van der Waals surface area contributed by atoms with Gasteiger partial charge in [0.25, 0.3) is 0 Å². The van der Waals surface area contributed by atoms with Gasteiger partial charge in [0.15, 0.2) is 6.23 Å². The molecule has 1 aliphatic heterocycles. The summed E-state index contributed by atoms with van der Waals surface area (Å²) in [5.74, 6) is -0.141. The predicted octanol–water partition coefficient (Wildman–Crippen LogP) is 0.657. The van der Waals surface area contributed by atoms with Crippen LogP contribution in [0.5, 0.6) is 0 Å². The van der Waals surface area contributed by atoms with Gasteiger partial charge in [-0.1, -0.05) is 0 Å². The van der Waals surface area contributed by atoms with Crippen LogP contribution in [0.1, 0.15) is 33.6 Å². The van der Waals surface area contributed by atoms with Crippen molar-refractivity contribution < 1.29 is 14.7 Å². The zero-order valence-corrected chi connectivity index (χ0v) is 7.70. The smallest absolute Gasteiger partial charge is 0.248 e. The summed E-state index contributed by atoms with van der Waals surface area (Å²) in [6, 6.07) is 0. The molecule has 1 unspecified atom stereocenters. The number of aliphatic hydroxyl groups excluding tert-OH is 1. The molecule has 0 aromatic carbocycles. The van der Waals surface area contributed by atoms with Gasteiger partial charge >= 0.3 is 0 Å². The molecule has 0 aromatic rings. The van der Waals surface area contributed by atoms with E-state index in [0.29, 0.717) is 12.8 Å². The van der Waals surface area contributed by atoms with E-state index in [9.17, 15) is 9.90 Å². The Bertz CT molecular complexity index is 185. The number of aliphatic hydroxyl groups is 1. The summed E-state index contributed by atoms with van der Waals surface area (Å²) in [7, 11) is 0. The highest BCUT2D eigenvalue weighted by Gasteiger charge is 2.33. The molecule has 0 spiro atoms. The van der Waals surface area contributed by atoms with Gasteiger partial charge < -0.3 is 5.11 Å². The summed E-state index contributed by atoms with van der Waals surface area (Å²) in [5, 5.41) is 10.4. The molecule has 12 heavy (non-hydrogen) atoms. The first-order chi connectivity index (χ1) is 5.40. The number of hydrogen-bond acceptors (Lipinski definition) is 3. The van der Waals surface area contributed by atoms with E-state index < -0.39 is 11.8 Å². The minimum absolute atomic E-state index is 0.141. The fourth-order valence-electron chi connectivity index (χ4n) is 1.05. The molecule has 1 saturated heterocycles. The average molecular weight is 173 g/mol. The summed E-state index contributed by atoms with van der Waals surface area (Å²) < 4.78 is 0. The van der Waals surface area contributed by atoms with Crippen LogP contribution in [-0.2, 0) is 9.63 Å². The van der Waals surface area contributed by atoms with Crippen molar-refractivity contribution in [1.82, 2.24) is 5.06 Å². The number of amides is 1. The highest BCUT2D eigenvalue weighted by molar-refractivity contribution is 5.77. The van der Waals surface area contributed by atoms with E-state index in [-0.39, 0.29) is 5.91 Å². The molecule has 0 saturated carbocycles. The second-order valence-corrected chi connectivity index (χ2v) is 3.94. The van der Waals surface area contributed by atoms with Gasteiger partial charge in [0, 0.05) is 12.8 Å². The van der Waals surface area contributed by atoms with Crippen molar-refractivity contribution in [3.05, 3.63) is 0 Å². The second kappa shape index (κ2) is 3.03. The molecule has 1 amide bonds. The van der Waals surface area contributed by atoms with Gasteiger partial charge in [0.1, 0.15) is 0 Å².